The van der Waals surface area contributed by atoms with Gasteiger partial charge in [-0.2, -0.15) is 0 Å². The molecule has 7 rings (SSSR count). The first-order valence-corrected chi connectivity index (χ1v) is 16.8. The Morgan fingerprint density at radius 1 is 1.05 bits per heavy atom. The van der Waals surface area contributed by atoms with Crippen molar-refractivity contribution in [3.8, 4) is 39.9 Å². The van der Waals surface area contributed by atoms with Crippen LogP contribution in [0.2, 0.25) is 0 Å². The molecule has 0 saturated heterocycles. The number of aromatic hydroxyl groups is 2. The first-order valence-electron chi connectivity index (χ1n) is 14.3. The molecule has 1 saturated carbocycles. The van der Waals surface area contributed by atoms with E-state index in [0.29, 0.717) is 23.2 Å². The molecule has 0 unspecified atom stereocenters. The quantitative estimate of drug-likeness (QED) is 0.239. The van der Waals surface area contributed by atoms with Gasteiger partial charge in [-0.3, -0.25) is 4.79 Å². The smallest absolute Gasteiger partial charge is 0.302 e. The fraction of sp³-hybridized carbons (Fsp3) is 0.424. The van der Waals surface area contributed by atoms with Gasteiger partial charge in [0.1, 0.15) is 30.0 Å². The van der Waals surface area contributed by atoms with Crippen molar-refractivity contribution in [2.24, 2.45) is 5.92 Å². The molecule has 2 aliphatic heterocycles. The Balaban J connectivity index is 1.48. The van der Waals surface area contributed by atoms with Crippen molar-refractivity contribution in [2.75, 3.05) is 26.6 Å². The van der Waals surface area contributed by atoms with Crippen LogP contribution in [0.4, 0.5) is 0 Å². The molecule has 4 aliphatic rings. The van der Waals surface area contributed by atoms with Crippen molar-refractivity contribution in [3.63, 3.8) is 0 Å². The number of phenols is 2. The molecule has 7 nitrogen and oxygen atoms in total. The predicted molar refractivity (Wildman–Crippen MR) is 164 cm³/mol. The molecule has 0 aromatic heterocycles. The minimum Gasteiger partial charge on any atom is -0.508 e. The number of esters is 1. The zero-order valence-electron chi connectivity index (χ0n) is 23.9. The van der Waals surface area contributed by atoms with E-state index in [1.54, 1.807) is 37.1 Å². The number of phenolic OH excluding ortho intramolecular Hbond substituents is 2. The first kappa shape index (κ1) is 27.7. The van der Waals surface area contributed by atoms with Gasteiger partial charge < -0.3 is 29.2 Å². The van der Waals surface area contributed by atoms with Crippen molar-refractivity contribution in [3.05, 3.63) is 64.2 Å². The van der Waals surface area contributed by atoms with Gasteiger partial charge in [-0.05, 0) is 66.5 Å². The monoisotopic (exact) mass is 606 g/mol. The second kappa shape index (κ2) is 10.5. The summed E-state index contributed by atoms with van der Waals surface area (Å²) < 4.78 is 24.1. The number of carbonyl (C=O) groups excluding carboxylic acids is 1. The standard InChI is InChI=1S/C33H34O7S2/c1-17(34)39-14-25-22-4-5-23-29-19(8-21(35)10-28(29)38-3)13-33-7-6-18(12-33)15-41-42-16-20-9-26(36)27(37-2)11-24(20)31(25)40-32(22)30(23)33/h4-5,8-11,18,25,31,35-36H,6-7,12-16H2,1-3H3/t18-,25-,31-,33+/m1/s1. The van der Waals surface area contributed by atoms with Gasteiger partial charge in [0.25, 0.3) is 0 Å². The zero-order chi connectivity index (χ0) is 29.2. The topological polar surface area (TPSA) is 94.5 Å². The van der Waals surface area contributed by atoms with Crippen LogP contribution in [-0.4, -0.2) is 42.8 Å². The van der Waals surface area contributed by atoms with Gasteiger partial charge in [-0.15, -0.1) is 0 Å². The Morgan fingerprint density at radius 2 is 1.88 bits per heavy atom. The third kappa shape index (κ3) is 4.39. The van der Waals surface area contributed by atoms with E-state index in [-0.39, 0.29) is 35.4 Å². The highest BCUT2D eigenvalue weighted by molar-refractivity contribution is 8.76. The van der Waals surface area contributed by atoms with E-state index < -0.39 is 6.10 Å². The molecule has 220 valence electrons. The van der Waals surface area contributed by atoms with E-state index in [1.165, 1.54) is 12.5 Å². The second-order valence-electron chi connectivity index (χ2n) is 11.9. The van der Waals surface area contributed by atoms with Gasteiger partial charge in [0, 0.05) is 52.2 Å². The molecule has 42 heavy (non-hydrogen) atoms. The average Bonchev–Trinajstić information content (AvgIpc) is 3.54. The van der Waals surface area contributed by atoms with Crippen LogP contribution in [0, 0.1) is 5.92 Å². The average molecular weight is 607 g/mol. The van der Waals surface area contributed by atoms with Gasteiger partial charge in [-0.1, -0.05) is 33.7 Å². The Labute approximate surface area is 253 Å². The van der Waals surface area contributed by atoms with Crippen LogP contribution in [0.5, 0.6) is 28.7 Å². The van der Waals surface area contributed by atoms with Crippen LogP contribution >= 0.6 is 21.6 Å². The maximum atomic E-state index is 12.0. The van der Waals surface area contributed by atoms with Crippen molar-refractivity contribution in [1.29, 1.82) is 0 Å². The minimum absolute atomic E-state index is 0.0977. The van der Waals surface area contributed by atoms with Crippen LogP contribution in [-0.2, 0) is 27.1 Å². The van der Waals surface area contributed by atoms with Crippen LogP contribution in [0.1, 0.15) is 66.0 Å². The van der Waals surface area contributed by atoms with Gasteiger partial charge >= 0.3 is 5.97 Å². The van der Waals surface area contributed by atoms with Crippen molar-refractivity contribution in [1.82, 2.24) is 0 Å². The van der Waals surface area contributed by atoms with Crippen LogP contribution in [0.25, 0.3) is 11.1 Å². The number of hydrogen-bond donors (Lipinski definition) is 2. The lowest BCUT2D eigenvalue weighted by Crippen LogP contribution is -2.31. The second-order valence-corrected chi connectivity index (χ2v) is 14.4. The molecule has 3 aromatic rings. The highest BCUT2D eigenvalue weighted by Crippen LogP contribution is 2.62. The highest BCUT2D eigenvalue weighted by Gasteiger charge is 2.50. The lowest BCUT2D eigenvalue weighted by atomic mass is 9.65. The van der Waals surface area contributed by atoms with E-state index in [4.69, 9.17) is 18.9 Å². The number of rotatable bonds is 4. The molecule has 9 heteroatoms. The maximum absolute atomic E-state index is 12.0. The van der Waals surface area contributed by atoms with Crippen LogP contribution < -0.4 is 14.2 Å². The molecule has 4 bridgehead atoms. The summed E-state index contributed by atoms with van der Waals surface area (Å²) in [5.41, 5.74) is 7.19. The Morgan fingerprint density at radius 3 is 2.67 bits per heavy atom. The number of fused-ring (bicyclic) bond motifs is 6. The normalized spacial score (nSPS) is 25.2. The van der Waals surface area contributed by atoms with Gasteiger partial charge in [0.05, 0.1) is 20.1 Å². The predicted octanol–water partition coefficient (Wildman–Crippen LogP) is 7.05. The molecule has 1 fully saturated rings. The molecular weight excluding hydrogens is 572 g/mol. The molecule has 2 aliphatic carbocycles. The summed E-state index contributed by atoms with van der Waals surface area (Å²) in [5, 5.41) is 21.3. The fourth-order valence-corrected chi connectivity index (χ4v) is 10.2. The van der Waals surface area contributed by atoms with Gasteiger partial charge in [-0.25, -0.2) is 0 Å². The van der Waals surface area contributed by atoms with Crippen molar-refractivity contribution < 1.29 is 34.0 Å². The lowest BCUT2D eigenvalue weighted by Gasteiger charge is -2.39. The summed E-state index contributed by atoms with van der Waals surface area (Å²) in [7, 11) is 6.87. The van der Waals surface area contributed by atoms with Crippen molar-refractivity contribution in [2.45, 2.75) is 55.8 Å². The van der Waals surface area contributed by atoms with Gasteiger partial charge in [0.15, 0.2) is 11.5 Å². The molecule has 2 N–H and O–H groups in total. The largest absolute Gasteiger partial charge is 0.508 e. The molecule has 4 atom stereocenters. The van der Waals surface area contributed by atoms with E-state index in [1.807, 2.05) is 22.9 Å². The van der Waals surface area contributed by atoms with Crippen molar-refractivity contribution >= 4 is 27.6 Å². The summed E-state index contributed by atoms with van der Waals surface area (Å²) in [6, 6.07) is 11.5. The van der Waals surface area contributed by atoms with E-state index in [9.17, 15) is 15.0 Å². The van der Waals surface area contributed by atoms with E-state index >= 15 is 0 Å². The minimum atomic E-state index is -0.431. The number of benzene rings is 3. The number of hydrogen-bond acceptors (Lipinski definition) is 9. The number of methoxy groups -OCH3 is 2. The summed E-state index contributed by atoms with van der Waals surface area (Å²) in [4.78, 5) is 12.0. The van der Waals surface area contributed by atoms with E-state index in [2.05, 4.69) is 12.1 Å². The molecular formula is C33H34O7S2. The maximum Gasteiger partial charge on any atom is 0.302 e. The summed E-state index contributed by atoms with van der Waals surface area (Å²) in [5.74, 6) is 3.94. The lowest BCUT2D eigenvalue weighted by molar-refractivity contribution is -0.141. The Kier molecular flexibility index (Phi) is 6.93. The summed E-state index contributed by atoms with van der Waals surface area (Å²) in [6.07, 6.45) is 3.55. The third-order valence-corrected chi connectivity index (χ3v) is 11.9. The molecule has 2 heterocycles. The Hall–Kier alpha value is -3.17. The SMILES string of the molecule is COc1cc2c(cc1O)CSSC[C@@H]1CC[C@@]3(Cc4cc(O)cc(OC)c4-c4ccc5c(c43)O[C@H]2[C@@H]5COC(C)=O)C1. The van der Waals surface area contributed by atoms with Gasteiger partial charge in [0.2, 0.25) is 0 Å². The van der Waals surface area contributed by atoms with Crippen LogP contribution in [0.3, 0.4) is 0 Å². The fourth-order valence-electron chi connectivity index (χ4n) is 7.70. The summed E-state index contributed by atoms with van der Waals surface area (Å²) >= 11 is 0. The van der Waals surface area contributed by atoms with Crippen LogP contribution in [0.15, 0.2) is 36.4 Å². The molecule has 0 amide bonds. The Bertz CT molecular complexity index is 1590. The zero-order valence-corrected chi connectivity index (χ0v) is 25.5. The third-order valence-electron chi connectivity index (χ3n) is 9.44. The number of carbonyl (C=O) groups is 1. The van der Waals surface area contributed by atoms with E-state index in [0.717, 1.165) is 70.6 Å². The summed E-state index contributed by atoms with van der Waals surface area (Å²) in [6.45, 7) is 1.61. The molecule has 1 spiro atoms. The number of ether oxygens (including phenoxy) is 4. The highest BCUT2D eigenvalue weighted by atomic mass is 33.1. The molecule has 0 radical (unpaired) electrons. The first-order chi connectivity index (χ1) is 20.3. The molecule has 3 aromatic carbocycles.